The van der Waals surface area contributed by atoms with Crippen molar-refractivity contribution < 1.29 is 0 Å². The Bertz CT molecular complexity index is 797. The van der Waals surface area contributed by atoms with E-state index in [4.69, 9.17) is 5.73 Å². The molecule has 24 heavy (non-hydrogen) atoms. The fourth-order valence-corrected chi connectivity index (χ4v) is 2.82. The van der Waals surface area contributed by atoms with Gasteiger partial charge in [-0.05, 0) is 12.5 Å². The summed E-state index contributed by atoms with van der Waals surface area (Å²) in [5, 5.41) is 5.81. The Kier molecular flexibility index (Phi) is 6.52. The summed E-state index contributed by atoms with van der Waals surface area (Å²) in [6.45, 7) is 2.62. The first-order valence-electron chi connectivity index (χ1n) is 7.34. The number of aryl methyl sites for hydroxylation is 1. The molecule has 1 heterocycles. The third-order valence-corrected chi connectivity index (χ3v) is 4.12. The molecular weight excluding hydrogens is 384 g/mol. The molecule has 0 bridgehead atoms. The van der Waals surface area contributed by atoms with Crippen LogP contribution in [-0.2, 0) is 6.54 Å². The molecule has 0 fully saturated rings. The van der Waals surface area contributed by atoms with E-state index in [-0.39, 0.29) is 17.0 Å². The van der Waals surface area contributed by atoms with Gasteiger partial charge in [-0.1, -0.05) is 60.2 Å². The van der Waals surface area contributed by atoms with Crippen LogP contribution in [0.25, 0.3) is 11.3 Å². The first-order valence-corrected chi connectivity index (χ1v) is 8.22. The van der Waals surface area contributed by atoms with Crippen molar-refractivity contribution in [2.45, 2.75) is 13.5 Å². The summed E-state index contributed by atoms with van der Waals surface area (Å²) in [5.41, 5.74) is 10.3. The number of nitrogens with two attached hydrogens (primary N) is 1. The molecule has 0 aliphatic carbocycles. The van der Waals surface area contributed by atoms with E-state index in [0.29, 0.717) is 12.5 Å². The van der Waals surface area contributed by atoms with Gasteiger partial charge < -0.3 is 11.1 Å². The van der Waals surface area contributed by atoms with Crippen molar-refractivity contribution in [2.24, 2.45) is 10.7 Å². The molecule has 0 unspecified atom stereocenters. The van der Waals surface area contributed by atoms with E-state index in [0.717, 1.165) is 22.0 Å². The second-order valence-electron chi connectivity index (χ2n) is 5.22. The van der Waals surface area contributed by atoms with Gasteiger partial charge in [0.1, 0.15) is 0 Å². The number of aromatic nitrogens is 1. The average molecular weight is 403 g/mol. The van der Waals surface area contributed by atoms with E-state index in [1.807, 2.05) is 35.7 Å². The lowest BCUT2D eigenvalue weighted by molar-refractivity contribution is 1.06. The number of nitrogens with zero attached hydrogens (tertiary/aromatic N) is 2. The fourth-order valence-electron chi connectivity index (χ4n) is 2.10. The molecule has 4 nitrogen and oxygen atoms in total. The van der Waals surface area contributed by atoms with Gasteiger partial charge in [0.2, 0.25) is 0 Å². The molecule has 0 aliphatic rings. The molecule has 3 rings (SSSR count). The summed E-state index contributed by atoms with van der Waals surface area (Å²) in [6, 6.07) is 18.3. The summed E-state index contributed by atoms with van der Waals surface area (Å²) in [4.78, 5) is 8.88. The predicted octanol–water partition coefficient (Wildman–Crippen LogP) is 4.62. The van der Waals surface area contributed by atoms with E-state index in [1.54, 1.807) is 0 Å². The van der Waals surface area contributed by atoms with E-state index in [1.165, 1.54) is 16.9 Å². The van der Waals surface area contributed by atoms with Crippen LogP contribution in [0.2, 0.25) is 0 Å². The molecule has 2 aromatic carbocycles. The number of thiazole rings is 1. The van der Waals surface area contributed by atoms with Gasteiger partial charge in [-0.25, -0.2) is 9.98 Å². The molecule has 0 atom stereocenters. The van der Waals surface area contributed by atoms with Gasteiger partial charge in [0, 0.05) is 10.9 Å². The Morgan fingerprint density at radius 1 is 1.12 bits per heavy atom. The van der Waals surface area contributed by atoms with Crippen LogP contribution in [0.4, 0.5) is 5.13 Å². The van der Waals surface area contributed by atoms with Gasteiger partial charge in [0.05, 0.1) is 12.2 Å². The van der Waals surface area contributed by atoms with Crippen LogP contribution in [0.3, 0.4) is 0 Å². The summed E-state index contributed by atoms with van der Waals surface area (Å²) in [5.74, 6) is 0.374. The average Bonchev–Trinajstić information content (AvgIpc) is 3.03. The van der Waals surface area contributed by atoms with Crippen LogP contribution >= 0.6 is 28.3 Å². The first-order chi connectivity index (χ1) is 11.2. The van der Waals surface area contributed by atoms with Gasteiger partial charge in [0.25, 0.3) is 0 Å². The number of nitrogens with one attached hydrogen (secondary N) is 1. The van der Waals surface area contributed by atoms with E-state index in [2.05, 4.69) is 46.5 Å². The topological polar surface area (TPSA) is 63.3 Å². The van der Waals surface area contributed by atoms with E-state index in [9.17, 15) is 0 Å². The number of aliphatic imine (C=N–C) groups is 1. The predicted molar refractivity (Wildman–Crippen MR) is 108 cm³/mol. The zero-order chi connectivity index (χ0) is 16.1. The highest BCUT2D eigenvalue weighted by atomic mass is 79.9. The number of anilines is 1. The van der Waals surface area contributed by atoms with Gasteiger partial charge in [-0.2, -0.15) is 0 Å². The first kappa shape index (κ1) is 18.2. The number of hydrogen-bond donors (Lipinski definition) is 2. The highest BCUT2D eigenvalue weighted by molar-refractivity contribution is 8.93. The number of rotatable bonds is 4. The lowest BCUT2D eigenvalue weighted by Gasteiger charge is -2.02. The number of hydrogen-bond acceptors (Lipinski definition) is 3. The summed E-state index contributed by atoms with van der Waals surface area (Å²) >= 11 is 1.52. The largest absolute Gasteiger partial charge is 0.370 e. The fraction of sp³-hybridized carbons (Fsp3) is 0.111. The lowest BCUT2D eigenvalue weighted by atomic mass is 10.1. The normalized spacial score (nSPS) is 11.0. The maximum absolute atomic E-state index is 5.93. The van der Waals surface area contributed by atoms with Crippen LogP contribution in [0, 0.1) is 6.92 Å². The van der Waals surface area contributed by atoms with Crippen molar-refractivity contribution in [2.75, 3.05) is 5.32 Å². The molecule has 0 amide bonds. The third-order valence-electron chi connectivity index (χ3n) is 3.36. The summed E-state index contributed by atoms with van der Waals surface area (Å²) < 4.78 is 0. The highest BCUT2D eigenvalue weighted by Crippen LogP contribution is 2.24. The van der Waals surface area contributed by atoms with Crippen molar-refractivity contribution in [3.05, 3.63) is 71.1 Å². The second-order valence-corrected chi connectivity index (χ2v) is 6.07. The smallest absolute Gasteiger partial charge is 0.195 e. The van der Waals surface area contributed by atoms with E-state index < -0.39 is 0 Å². The summed E-state index contributed by atoms with van der Waals surface area (Å²) in [6.07, 6.45) is 0. The van der Waals surface area contributed by atoms with Crippen LogP contribution in [0.15, 0.2) is 65.0 Å². The minimum Gasteiger partial charge on any atom is -0.370 e. The Balaban J connectivity index is 0.00000208. The number of guanidine groups is 1. The van der Waals surface area contributed by atoms with Gasteiger partial charge in [0.15, 0.2) is 11.1 Å². The zero-order valence-corrected chi connectivity index (χ0v) is 15.8. The molecule has 0 spiro atoms. The van der Waals surface area contributed by atoms with Crippen molar-refractivity contribution in [3.8, 4) is 11.3 Å². The van der Waals surface area contributed by atoms with Crippen molar-refractivity contribution in [1.82, 2.24) is 4.98 Å². The zero-order valence-electron chi connectivity index (χ0n) is 13.3. The molecule has 0 radical (unpaired) electrons. The maximum atomic E-state index is 5.93. The van der Waals surface area contributed by atoms with Crippen molar-refractivity contribution in [1.29, 1.82) is 0 Å². The van der Waals surface area contributed by atoms with Crippen LogP contribution in [-0.4, -0.2) is 10.9 Å². The van der Waals surface area contributed by atoms with Crippen LogP contribution in [0.5, 0.6) is 0 Å². The molecule has 0 saturated carbocycles. The molecule has 3 aromatic rings. The SMILES string of the molecule is Br.Cc1ccc(-c2csc(NC(N)=NCc3ccccc3)n2)cc1. The molecule has 0 saturated heterocycles. The van der Waals surface area contributed by atoms with Gasteiger partial charge in [-0.3, -0.25) is 0 Å². The minimum absolute atomic E-state index is 0. The number of benzene rings is 2. The van der Waals surface area contributed by atoms with Crippen molar-refractivity contribution in [3.63, 3.8) is 0 Å². The van der Waals surface area contributed by atoms with Crippen LogP contribution < -0.4 is 11.1 Å². The molecule has 1 aromatic heterocycles. The second kappa shape index (κ2) is 8.61. The minimum atomic E-state index is 0. The molecule has 0 aliphatic heterocycles. The van der Waals surface area contributed by atoms with Gasteiger partial charge in [-0.15, -0.1) is 28.3 Å². The van der Waals surface area contributed by atoms with Crippen molar-refractivity contribution >= 4 is 39.4 Å². The van der Waals surface area contributed by atoms with Gasteiger partial charge >= 0.3 is 0 Å². The Morgan fingerprint density at radius 2 is 1.83 bits per heavy atom. The molecule has 124 valence electrons. The monoisotopic (exact) mass is 402 g/mol. The Labute approximate surface area is 156 Å². The highest BCUT2D eigenvalue weighted by Gasteiger charge is 2.05. The third kappa shape index (κ3) is 4.91. The Morgan fingerprint density at radius 3 is 2.54 bits per heavy atom. The maximum Gasteiger partial charge on any atom is 0.195 e. The molecule has 3 N–H and O–H groups in total. The standard InChI is InChI=1S/C18H18N4S.BrH/c1-13-7-9-15(10-8-13)16-12-23-18(21-16)22-17(19)20-11-14-5-3-2-4-6-14;/h2-10,12H,11H2,1H3,(H3,19,20,21,22);1H. The quantitative estimate of drug-likeness (QED) is 0.494. The van der Waals surface area contributed by atoms with Crippen LogP contribution in [0.1, 0.15) is 11.1 Å². The summed E-state index contributed by atoms with van der Waals surface area (Å²) in [7, 11) is 0. The Hall–Kier alpha value is -2.18. The lowest BCUT2D eigenvalue weighted by Crippen LogP contribution is -2.22. The molecular formula is C18H19BrN4S. The number of halogens is 1. The van der Waals surface area contributed by atoms with E-state index >= 15 is 0 Å². The molecule has 6 heteroatoms.